The highest BCUT2D eigenvalue weighted by molar-refractivity contribution is 8.03. The number of hydrogen-bond donors (Lipinski definition) is 2. The van der Waals surface area contributed by atoms with Crippen molar-refractivity contribution < 1.29 is 27.8 Å². The molecule has 1 unspecified atom stereocenters. The largest absolute Gasteiger partial charge is 0.444 e. The van der Waals surface area contributed by atoms with Crippen molar-refractivity contribution in [2.24, 2.45) is 4.99 Å². The van der Waals surface area contributed by atoms with Crippen LogP contribution in [0, 0.1) is 29.9 Å². The van der Waals surface area contributed by atoms with Gasteiger partial charge >= 0.3 is 6.09 Å². The van der Waals surface area contributed by atoms with Gasteiger partial charge in [-0.05, 0) is 82.0 Å². The number of thiophene rings is 1. The second kappa shape index (κ2) is 19.3. The Morgan fingerprint density at radius 2 is 1.77 bits per heavy atom. The molecule has 1 atom stereocenters. The molecular formula is C40H52F2N4O4S2. The molecule has 282 valence electrons. The van der Waals surface area contributed by atoms with Crippen LogP contribution in [0.5, 0.6) is 0 Å². The highest BCUT2D eigenvalue weighted by Gasteiger charge is 2.33. The summed E-state index contributed by atoms with van der Waals surface area (Å²) in [6.45, 7) is 18.7. The number of anilines is 1. The van der Waals surface area contributed by atoms with Crippen LogP contribution in [0.25, 0.3) is 21.2 Å². The first kappa shape index (κ1) is 42.6. The molecule has 8 nitrogen and oxygen atoms in total. The Bertz CT molecular complexity index is 1870. The SMILES string of the molecule is CC/C=C(/NC(=NC(CCC)C(C)=O)c1c(C)c(F)c(-c2c(F)ccc3sc(NC(=O)OC(C)(C)C)c(C#N)c23)c2c1COC2)SCC.CCCC. The van der Waals surface area contributed by atoms with Gasteiger partial charge in [0.05, 0.1) is 23.8 Å². The number of amides is 1. The van der Waals surface area contributed by atoms with Crippen LogP contribution in [0.1, 0.15) is 122 Å². The Morgan fingerprint density at radius 3 is 2.33 bits per heavy atom. The number of carbonyl (C=O) groups excluding carboxylic acids is 2. The van der Waals surface area contributed by atoms with Crippen LogP contribution in [0.3, 0.4) is 0 Å². The third kappa shape index (κ3) is 10.2. The lowest BCUT2D eigenvalue weighted by Crippen LogP contribution is -2.29. The van der Waals surface area contributed by atoms with E-state index in [-0.39, 0.29) is 51.6 Å². The fourth-order valence-electron chi connectivity index (χ4n) is 5.66. The van der Waals surface area contributed by atoms with Crippen molar-refractivity contribution >= 4 is 55.9 Å². The van der Waals surface area contributed by atoms with Crippen LogP contribution in [-0.4, -0.2) is 35.1 Å². The number of aliphatic imine (C=N–C) groups is 1. The molecule has 0 radical (unpaired) electrons. The van der Waals surface area contributed by atoms with Gasteiger partial charge in [0, 0.05) is 26.8 Å². The Hall–Kier alpha value is -3.79. The number of benzene rings is 2. The topological polar surface area (TPSA) is 113 Å². The molecule has 1 aliphatic heterocycles. The molecule has 0 spiro atoms. The van der Waals surface area contributed by atoms with E-state index in [1.807, 2.05) is 26.8 Å². The Kier molecular flexibility index (Phi) is 15.8. The van der Waals surface area contributed by atoms with Crippen molar-refractivity contribution in [3.63, 3.8) is 0 Å². The summed E-state index contributed by atoms with van der Waals surface area (Å²) in [5.74, 6) is -0.384. The first-order valence-corrected chi connectivity index (χ1v) is 19.7. The second-order valence-electron chi connectivity index (χ2n) is 13.4. The normalized spacial score (nSPS) is 13.6. The number of unbranched alkanes of at least 4 members (excludes halogenated alkanes) is 1. The average Bonchev–Trinajstić information content (AvgIpc) is 3.69. The van der Waals surface area contributed by atoms with Gasteiger partial charge in [0.1, 0.15) is 40.2 Å². The van der Waals surface area contributed by atoms with E-state index >= 15 is 8.78 Å². The molecule has 1 amide bonds. The number of rotatable bonds is 12. The molecule has 3 aromatic rings. The Labute approximate surface area is 315 Å². The van der Waals surface area contributed by atoms with E-state index in [0.29, 0.717) is 33.6 Å². The molecular weight excluding hydrogens is 703 g/mol. The maximum absolute atomic E-state index is 17.0. The van der Waals surface area contributed by atoms with Gasteiger partial charge in [-0.15, -0.1) is 23.1 Å². The van der Waals surface area contributed by atoms with E-state index in [9.17, 15) is 14.9 Å². The monoisotopic (exact) mass is 754 g/mol. The number of thioether (sulfide) groups is 1. The van der Waals surface area contributed by atoms with Crippen molar-refractivity contribution in [1.29, 1.82) is 5.26 Å². The molecule has 2 aromatic carbocycles. The van der Waals surface area contributed by atoms with Crippen LogP contribution in [-0.2, 0) is 27.5 Å². The zero-order valence-corrected chi connectivity index (χ0v) is 33.7. The Balaban J connectivity index is 0.00000173. The lowest BCUT2D eigenvalue weighted by Gasteiger charge is -2.22. The van der Waals surface area contributed by atoms with Gasteiger partial charge in [0.2, 0.25) is 0 Å². The number of hydrogen-bond acceptors (Lipinski definition) is 8. The van der Waals surface area contributed by atoms with Crippen molar-refractivity contribution in [2.45, 2.75) is 126 Å². The van der Waals surface area contributed by atoms with Crippen LogP contribution < -0.4 is 10.6 Å². The third-order valence-electron chi connectivity index (χ3n) is 8.15. The fourth-order valence-corrected chi connectivity index (χ4v) is 7.48. The number of ketones is 1. The number of amidine groups is 1. The summed E-state index contributed by atoms with van der Waals surface area (Å²) in [5, 5.41) is 17.5. The first-order chi connectivity index (χ1) is 24.7. The summed E-state index contributed by atoms with van der Waals surface area (Å²) in [6.07, 6.45) is 5.89. The smallest absolute Gasteiger partial charge is 0.412 e. The van der Waals surface area contributed by atoms with Gasteiger partial charge in [-0.2, -0.15) is 5.26 Å². The first-order valence-electron chi connectivity index (χ1n) is 17.9. The summed E-state index contributed by atoms with van der Waals surface area (Å²) in [4.78, 5) is 30.2. The summed E-state index contributed by atoms with van der Waals surface area (Å²) < 4.78 is 44.8. The maximum Gasteiger partial charge on any atom is 0.412 e. The number of ether oxygens (including phenoxy) is 2. The zero-order valence-electron chi connectivity index (χ0n) is 32.1. The van der Waals surface area contributed by atoms with Crippen LogP contribution in [0.2, 0.25) is 0 Å². The number of nitrogens with zero attached hydrogens (tertiary/aromatic N) is 2. The molecule has 1 aromatic heterocycles. The molecule has 12 heteroatoms. The predicted molar refractivity (Wildman–Crippen MR) is 211 cm³/mol. The number of halogens is 2. The summed E-state index contributed by atoms with van der Waals surface area (Å²) in [6, 6.07) is 4.20. The zero-order chi connectivity index (χ0) is 38.7. The van der Waals surface area contributed by atoms with E-state index in [0.717, 1.165) is 35.0 Å². The number of allylic oxidation sites excluding steroid dienone is 1. The number of carbonyl (C=O) groups is 2. The van der Waals surface area contributed by atoms with Gasteiger partial charge < -0.3 is 14.8 Å². The molecule has 4 rings (SSSR count). The third-order valence-corrected chi connectivity index (χ3v) is 10.1. The van der Waals surface area contributed by atoms with E-state index < -0.39 is 29.4 Å². The minimum Gasteiger partial charge on any atom is -0.444 e. The van der Waals surface area contributed by atoms with Crippen molar-refractivity contribution in [3.05, 3.63) is 62.7 Å². The number of nitrogens with one attached hydrogen (secondary N) is 2. The molecule has 2 heterocycles. The summed E-state index contributed by atoms with van der Waals surface area (Å²) in [5.41, 5.74) is 0.862. The summed E-state index contributed by atoms with van der Waals surface area (Å²) >= 11 is 2.65. The number of fused-ring (bicyclic) bond motifs is 2. The molecule has 52 heavy (non-hydrogen) atoms. The van der Waals surface area contributed by atoms with Crippen molar-refractivity contribution in [2.75, 3.05) is 11.1 Å². The highest BCUT2D eigenvalue weighted by Crippen LogP contribution is 2.47. The number of nitriles is 1. The fraction of sp³-hybridized carbons (Fsp3) is 0.500. The van der Waals surface area contributed by atoms with Crippen molar-refractivity contribution in [1.82, 2.24) is 5.32 Å². The van der Waals surface area contributed by atoms with Crippen LogP contribution >= 0.6 is 23.1 Å². The lowest BCUT2D eigenvalue weighted by molar-refractivity contribution is -0.118. The molecule has 1 aliphatic rings. The lowest BCUT2D eigenvalue weighted by atomic mass is 9.87. The predicted octanol–water partition coefficient (Wildman–Crippen LogP) is 11.3. The van der Waals surface area contributed by atoms with E-state index in [1.54, 1.807) is 39.5 Å². The second-order valence-corrected chi connectivity index (χ2v) is 15.8. The highest BCUT2D eigenvalue weighted by atomic mass is 32.2. The molecule has 0 saturated carbocycles. The van der Waals surface area contributed by atoms with E-state index in [1.165, 1.54) is 31.9 Å². The Morgan fingerprint density at radius 1 is 1.10 bits per heavy atom. The molecule has 0 fully saturated rings. The van der Waals surface area contributed by atoms with Gasteiger partial charge in [0.15, 0.2) is 5.78 Å². The van der Waals surface area contributed by atoms with Gasteiger partial charge in [0.25, 0.3) is 0 Å². The molecule has 0 aliphatic carbocycles. The molecule has 2 N–H and O–H groups in total. The quantitative estimate of drug-likeness (QED) is 0.140. The number of Topliss-reactive ketones (excluding diaryl/α,β-unsaturated/α-hetero) is 1. The molecule has 0 saturated heterocycles. The van der Waals surface area contributed by atoms with E-state index in [4.69, 9.17) is 14.5 Å². The molecule has 0 bridgehead atoms. The average molecular weight is 755 g/mol. The summed E-state index contributed by atoms with van der Waals surface area (Å²) in [7, 11) is 0. The van der Waals surface area contributed by atoms with Gasteiger partial charge in [-0.1, -0.05) is 60.0 Å². The minimum atomic E-state index is -0.784. The van der Waals surface area contributed by atoms with E-state index in [2.05, 4.69) is 30.6 Å². The van der Waals surface area contributed by atoms with Crippen LogP contribution in [0.15, 0.2) is 28.2 Å². The standard InChI is InChI=1S/C36H42F2N4O4S2.C4H10/c1-9-12-25(20(5)43)40-33(41-27(13-10-2)47-11-3)28-19(4)32(38)30(23-18-45-17-22(23)28)31-24(37)14-15-26-29(31)21(16-39)34(48-26)42-35(44)46-36(6,7)8;1-3-4-2/h13-15,25H,9-12,17-18H2,1-8H3,(H,40,41)(H,42,44);3-4H2,1-2H3/b27-13-;. The van der Waals surface area contributed by atoms with Gasteiger partial charge in [-0.3, -0.25) is 15.1 Å². The van der Waals surface area contributed by atoms with Crippen LogP contribution in [0.4, 0.5) is 18.6 Å². The maximum atomic E-state index is 17.0. The van der Waals surface area contributed by atoms with Crippen molar-refractivity contribution in [3.8, 4) is 17.2 Å². The van der Waals surface area contributed by atoms with Gasteiger partial charge in [-0.25, -0.2) is 13.6 Å². The minimum absolute atomic E-state index is 0.000518.